The van der Waals surface area contributed by atoms with Crippen molar-refractivity contribution < 1.29 is 13.2 Å². The average molecular weight is 393 g/mol. The molecule has 0 atom stereocenters. The number of nitrogens with zero attached hydrogens (tertiary/aromatic N) is 2. The lowest BCUT2D eigenvalue weighted by atomic mass is 10.1. The average Bonchev–Trinajstić information content (AvgIpc) is 2.63. The summed E-state index contributed by atoms with van der Waals surface area (Å²) in [4.78, 5) is 8.37. The molecular weight excluding hydrogens is 377 g/mol. The van der Waals surface area contributed by atoms with Crippen molar-refractivity contribution in [1.82, 2.24) is 9.97 Å². The Hall–Kier alpha value is -2.80. The molecule has 0 saturated carbocycles. The minimum atomic E-state index is -1.55. The molecule has 0 aliphatic heterocycles. The monoisotopic (exact) mass is 392 g/mol. The van der Waals surface area contributed by atoms with E-state index in [0.29, 0.717) is 23.1 Å². The maximum absolute atomic E-state index is 13.8. The molecule has 0 saturated heterocycles. The summed E-state index contributed by atoms with van der Waals surface area (Å²) in [5.41, 5.74) is 1.50. The van der Waals surface area contributed by atoms with E-state index >= 15 is 0 Å². The zero-order chi connectivity index (χ0) is 19.4. The Labute approximate surface area is 159 Å². The van der Waals surface area contributed by atoms with Crippen molar-refractivity contribution in [1.29, 1.82) is 0 Å². The number of aromatic nitrogens is 2. The molecule has 2 aromatic carbocycles. The van der Waals surface area contributed by atoms with Crippen molar-refractivity contribution in [2.24, 2.45) is 0 Å². The van der Waals surface area contributed by atoms with E-state index in [-0.39, 0.29) is 11.6 Å². The molecule has 0 bridgehead atoms. The molecule has 1 heterocycles. The summed E-state index contributed by atoms with van der Waals surface area (Å²) in [5, 5.41) is 6.41. The quantitative estimate of drug-likeness (QED) is 0.562. The van der Waals surface area contributed by atoms with Gasteiger partial charge in [-0.2, -0.15) is 4.98 Å². The summed E-state index contributed by atoms with van der Waals surface area (Å²) >= 11 is 5.86. The fourth-order valence-electron chi connectivity index (χ4n) is 2.44. The van der Waals surface area contributed by atoms with Crippen LogP contribution in [0, 0.1) is 24.4 Å². The molecule has 8 heteroatoms. The van der Waals surface area contributed by atoms with Gasteiger partial charge in [-0.1, -0.05) is 23.7 Å². The maximum Gasteiger partial charge on any atom is 0.229 e. The Morgan fingerprint density at radius 3 is 2.44 bits per heavy atom. The van der Waals surface area contributed by atoms with Crippen LogP contribution in [0.4, 0.5) is 30.6 Å². The third-order valence-corrected chi connectivity index (χ3v) is 4.02. The molecule has 1 aromatic heterocycles. The highest BCUT2D eigenvalue weighted by atomic mass is 35.5. The van der Waals surface area contributed by atoms with Crippen molar-refractivity contribution in [2.45, 2.75) is 13.3 Å². The largest absolute Gasteiger partial charge is 0.370 e. The van der Waals surface area contributed by atoms with Crippen LogP contribution in [0.25, 0.3) is 0 Å². The first-order valence-corrected chi connectivity index (χ1v) is 8.54. The van der Waals surface area contributed by atoms with E-state index in [1.54, 1.807) is 13.0 Å². The molecule has 0 fully saturated rings. The smallest absolute Gasteiger partial charge is 0.229 e. The van der Waals surface area contributed by atoms with E-state index < -0.39 is 17.5 Å². The SMILES string of the molecule is Cc1cc(NCCc2ccc(Cl)cc2)nc(Nc2ccc(F)c(F)c2F)n1. The normalized spacial score (nSPS) is 10.7. The van der Waals surface area contributed by atoms with Gasteiger partial charge in [0, 0.05) is 23.3 Å². The van der Waals surface area contributed by atoms with E-state index in [2.05, 4.69) is 20.6 Å². The molecule has 0 aliphatic carbocycles. The summed E-state index contributed by atoms with van der Waals surface area (Å²) in [6.07, 6.45) is 0.751. The third-order valence-electron chi connectivity index (χ3n) is 3.77. The van der Waals surface area contributed by atoms with Crippen LogP contribution in [0.2, 0.25) is 5.02 Å². The van der Waals surface area contributed by atoms with E-state index in [9.17, 15) is 13.2 Å². The predicted octanol–water partition coefficient (Wildman–Crippen LogP) is 5.25. The van der Waals surface area contributed by atoms with Gasteiger partial charge in [0.05, 0.1) is 5.69 Å². The van der Waals surface area contributed by atoms with Crippen molar-refractivity contribution in [2.75, 3.05) is 17.2 Å². The van der Waals surface area contributed by atoms with Gasteiger partial charge >= 0.3 is 0 Å². The van der Waals surface area contributed by atoms with Gasteiger partial charge in [0.2, 0.25) is 5.95 Å². The zero-order valence-electron chi connectivity index (χ0n) is 14.4. The number of hydrogen-bond donors (Lipinski definition) is 2. The number of halogens is 4. The maximum atomic E-state index is 13.8. The number of aryl methyl sites for hydroxylation is 1. The number of benzene rings is 2. The van der Waals surface area contributed by atoms with Crippen LogP contribution >= 0.6 is 11.6 Å². The Bertz CT molecular complexity index is 948. The van der Waals surface area contributed by atoms with Crippen LogP contribution in [0.1, 0.15) is 11.3 Å². The lowest BCUT2D eigenvalue weighted by Gasteiger charge is -2.11. The van der Waals surface area contributed by atoms with Crippen molar-refractivity contribution in [3.05, 3.63) is 76.2 Å². The standard InChI is InChI=1S/C19H16ClF3N4/c1-11-10-16(24-9-8-12-2-4-13(20)5-3-12)27-19(25-11)26-15-7-6-14(21)17(22)18(15)23/h2-7,10H,8-9H2,1H3,(H2,24,25,26,27). The Morgan fingerprint density at radius 2 is 1.70 bits per heavy atom. The Morgan fingerprint density at radius 1 is 0.963 bits per heavy atom. The lowest BCUT2D eigenvalue weighted by Crippen LogP contribution is -2.09. The van der Waals surface area contributed by atoms with Crippen LogP contribution < -0.4 is 10.6 Å². The molecule has 0 radical (unpaired) electrons. The first-order valence-electron chi connectivity index (χ1n) is 8.17. The lowest BCUT2D eigenvalue weighted by molar-refractivity contribution is 0.449. The molecule has 2 N–H and O–H groups in total. The van der Waals surface area contributed by atoms with Gasteiger partial charge in [0.25, 0.3) is 0 Å². The second kappa shape index (κ2) is 8.26. The second-order valence-electron chi connectivity index (χ2n) is 5.87. The fraction of sp³-hybridized carbons (Fsp3) is 0.158. The summed E-state index contributed by atoms with van der Waals surface area (Å²) < 4.78 is 40.2. The Balaban J connectivity index is 1.69. The molecule has 3 rings (SSSR count). The molecule has 0 amide bonds. The highest BCUT2D eigenvalue weighted by Gasteiger charge is 2.14. The topological polar surface area (TPSA) is 49.8 Å². The minimum Gasteiger partial charge on any atom is -0.370 e. The molecule has 0 unspecified atom stereocenters. The van der Waals surface area contributed by atoms with Gasteiger partial charge in [-0.3, -0.25) is 0 Å². The van der Waals surface area contributed by atoms with Gasteiger partial charge in [0.1, 0.15) is 5.82 Å². The summed E-state index contributed by atoms with van der Waals surface area (Å²) in [7, 11) is 0. The van der Waals surface area contributed by atoms with Gasteiger partial charge in [0.15, 0.2) is 17.5 Å². The number of nitrogens with one attached hydrogen (secondary N) is 2. The second-order valence-corrected chi connectivity index (χ2v) is 6.31. The molecule has 4 nitrogen and oxygen atoms in total. The molecule has 0 aliphatic rings. The molecule has 140 valence electrons. The molecule has 0 spiro atoms. The number of anilines is 3. The molecule has 27 heavy (non-hydrogen) atoms. The molecule has 3 aromatic rings. The van der Waals surface area contributed by atoms with Crippen molar-refractivity contribution in [3.63, 3.8) is 0 Å². The van der Waals surface area contributed by atoms with Gasteiger partial charge in [-0.05, 0) is 43.2 Å². The summed E-state index contributed by atoms with van der Waals surface area (Å²) in [5.74, 6) is -3.52. The van der Waals surface area contributed by atoms with Gasteiger partial charge in [-0.15, -0.1) is 0 Å². The van der Waals surface area contributed by atoms with E-state index in [0.717, 1.165) is 24.1 Å². The van der Waals surface area contributed by atoms with Crippen LogP contribution in [-0.4, -0.2) is 16.5 Å². The zero-order valence-corrected chi connectivity index (χ0v) is 15.1. The fourth-order valence-corrected chi connectivity index (χ4v) is 2.57. The van der Waals surface area contributed by atoms with E-state index in [1.165, 1.54) is 0 Å². The van der Waals surface area contributed by atoms with Gasteiger partial charge < -0.3 is 10.6 Å². The van der Waals surface area contributed by atoms with Gasteiger partial charge in [-0.25, -0.2) is 18.2 Å². The number of rotatable bonds is 6. The van der Waals surface area contributed by atoms with E-state index in [1.807, 2.05) is 24.3 Å². The highest BCUT2D eigenvalue weighted by Crippen LogP contribution is 2.23. The summed E-state index contributed by atoms with van der Waals surface area (Å²) in [6.45, 7) is 2.36. The van der Waals surface area contributed by atoms with Crippen molar-refractivity contribution in [3.8, 4) is 0 Å². The van der Waals surface area contributed by atoms with E-state index in [4.69, 9.17) is 11.6 Å². The Kier molecular flexibility index (Phi) is 5.81. The number of hydrogen-bond acceptors (Lipinski definition) is 4. The van der Waals surface area contributed by atoms with Crippen LogP contribution in [0.15, 0.2) is 42.5 Å². The van der Waals surface area contributed by atoms with Crippen molar-refractivity contribution >= 4 is 29.1 Å². The molecular formula is C19H16ClF3N4. The minimum absolute atomic E-state index is 0.0777. The first kappa shape index (κ1) is 19.0. The van der Waals surface area contributed by atoms with Crippen LogP contribution in [-0.2, 0) is 6.42 Å². The highest BCUT2D eigenvalue weighted by molar-refractivity contribution is 6.30. The third kappa shape index (κ3) is 4.89. The van der Waals surface area contributed by atoms with Crippen LogP contribution in [0.3, 0.4) is 0 Å². The first-order chi connectivity index (χ1) is 12.9. The van der Waals surface area contributed by atoms with Crippen LogP contribution in [0.5, 0.6) is 0 Å². The summed E-state index contributed by atoms with van der Waals surface area (Å²) in [6, 6.07) is 11.2. The predicted molar refractivity (Wildman–Crippen MR) is 100 cm³/mol.